The van der Waals surface area contributed by atoms with Crippen molar-refractivity contribution in [3.63, 3.8) is 0 Å². The molecule has 0 saturated heterocycles. The standard InChI is InChI=1S/C12H20O4/c1-5-7-12(4,6-2)14-8-10-9(3)15-11(13)16-10/h5-8H2,1-4H3. The maximum Gasteiger partial charge on any atom is 0.519 e. The van der Waals surface area contributed by atoms with E-state index in [1.54, 1.807) is 6.92 Å². The van der Waals surface area contributed by atoms with Crippen LogP contribution in [0.2, 0.25) is 0 Å². The van der Waals surface area contributed by atoms with Gasteiger partial charge in [0, 0.05) is 0 Å². The fraction of sp³-hybridized carbons (Fsp3) is 0.750. The normalized spacial score (nSPS) is 15.0. The van der Waals surface area contributed by atoms with Crippen molar-refractivity contribution in [1.29, 1.82) is 0 Å². The Bertz CT molecular complexity index is 377. The van der Waals surface area contributed by atoms with Crippen LogP contribution in [0.4, 0.5) is 0 Å². The highest BCUT2D eigenvalue weighted by molar-refractivity contribution is 4.98. The van der Waals surface area contributed by atoms with Crippen molar-refractivity contribution in [1.82, 2.24) is 0 Å². The maximum atomic E-state index is 10.8. The lowest BCUT2D eigenvalue weighted by Gasteiger charge is -2.27. The number of hydrogen-bond donors (Lipinski definition) is 0. The summed E-state index contributed by atoms with van der Waals surface area (Å²) in [7, 11) is 0. The fourth-order valence-electron chi connectivity index (χ4n) is 1.63. The lowest BCUT2D eigenvalue weighted by Crippen LogP contribution is -2.27. The van der Waals surface area contributed by atoms with Crippen LogP contribution >= 0.6 is 0 Å². The van der Waals surface area contributed by atoms with E-state index in [1.165, 1.54) is 0 Å². The van der Waals surface area contributed by atoms with Crippen LogP contribution in [0.25, 0.3) is 0 Å². The molecule has 0 N–H and O–H groups in total. The zero-order valence-electron chi connectivity index (χ0n) is 10.5. The quantitative estimate of drug-likeness (QED) is 0.751. The van der Waals surface area contributed by atoms with E-state index < -0.39 is 5.82 Å². The molecule has 0 aliphatic carbocycles. The highest BCUT2D eigenvalue weighted by Gasteiger charge is 2.23. The molecular weight excluding hydrogens is 208 g/mol. The average molecular weight is 228 g/mol. The molecule has 0 amide bonds. The summed E-state index contributed by atoms with van der Waals surface area (Å²) < 4.78 is 15.5. The van der Waals surface area contributed by atoms with Crippen molar-refractivity contribution in [3.8, 4) is 0 Å². The zero-order valence-corrected chi connectivity index (χ0v) is 10.5. The Balaban J connectivity index is 2.62. The van der Waals surface area contributed by atoms with E-state index in [9.17, 15) is 4.79 Å². The van der Waals surface area contributed by atoms with E-state index in [-0.39, 0.29) is 5.60 Å². The van der Waals surface area contributed by atoms with Crippen molar-refractivity contribution >= 4 is 0 Å². The maximum absolute atomic E-state index is 10.8. The topological polar surface area (TPSA) is 52.6 Å². The monoisotopic (exact) mass is 228 g/mol. The lowest BCUT2D eigenvalue weighted by molar-refractivity contribution is -0.0583. The van der Waals surface area contributed by atoms with Gasteiger partial charge in [-0.05, 0) is 26.7 Å². The van der Waals surface area contributed by atoms with E-state index in [0.717, 1.165) is 19.3 Å². The third-order valence-corrected chi connectivity index (χ3v) is 2.91. The summed E-state index contributed by atoms with van der Waals surface area (Å²) >= 11 is 0. The van der Waals surface area contributed by atoms with Gasteiger partial charge in [0.2, 0.25) is 0 Å². The van der Waals surface area contributed by atoms with E-state index in [4.69, 9.17) is 13.6 Å². The summed E-state index contributed by atoms with van der Waals surface area (Å²) in [6, 6.07) is 0. The van der Waals surface area contributed by atoms with Gasteiger partial charge < -0.3 is 13.6 Å². The van der Waals surface area contributed by atoms with Gasteiger partial charge in [0.25, 0.3) is 0 Å². The van der Waals surface area contributed by atoms with Gasteiger partial charge >= 0.3 is 5.82 Å². The molecule has 1 heterocycles. The molecule has 4 heteroatoms. The van der Waals surface area contributed by atoms with Crippen LogP contribution in [0.5, 0.6) is 0 Å². The molecule has 0 radical (unpaired) electrons. The first-order valence-electron chi connectivity index (χ1n) is 5.74. The molecule has 0 spiro atoms. The molecule has 0 saturated carbocycles. The number of hydrogen-bond acceptors (Lipinski definition) is 4. The Morgan fingerprint density at radius 1 is 1.31 bits per heavy atom. The van der Waals surface area contributed by atoms with Crippen LogP contribution in [0.15, 0.2) is 13.6 Å². The Labute approximate surface area is 95.6 Å². The van der Waals surface area contributed by atoms with Crippen molar-refractivity contribution in [2.24, 2.45) is 0 Å². The van der Waals surface area contributed by atoms with Gasteiger partial charge in [-0.15, -0.1) is 0 Å². The molecule has 92 valence electrons. The minimum atomic E-state index is -0.662. The van der Waals surface area contributed by atoms with Crippen LogP contribution in [0.3, 0.4) is 0 Å². The zero-order chi connectivity index (χ0) is 12.2. The molecule has 1 unspecified atom stereocenters. The highest BCUT2D eigenvalue weighted by atomic mass is 16.6. The molecule has 0 bridgehead atoms. The molecule has 1 rings (SSSR count). The Morgan fingerprint density at radius 2 is 2.00 bits per heavy atom. The number of aryl methyl sites for hydroxylation is 1. The van der Waals surface area contributed by atoms with E-state index >= 15 is 0 Å². The second-order valence-electron chi connectivity index (χ2n) is 4.28. The third kappa shape index (κ3) is 3.23. The number of ether oxygens (including phenoxy) is 1. The minimum absolute atomic E-state index is 0.156. The molecule has 16 heavy (non-hydrogen) atoms. The average Bonchev–Trinajstić information content (AvgIpc) is 2.55. The first-order chi connectivity index (χ1) is 7.50. The van der Waals surface area contributed by atoms with E-state index in [2.05, 4.69) is 20.8 Å². The minimum Gasteiger partial charge on any atom is -0.396 e. The molecule has 1 aromatic heterocycles. The Morgan fingerprint density at radius 3 is 2.44 bits per heavy atom. The fourth-order valence-corrected chi connectivity index (χ4v) is 1.63. The molecule has 0 aliphatic rings. The van der Waals surface area contributed by atoms with Crippen LogP contribution < -0.4 is 5.82 Å². The molecule has 4 nitrogen and oxygen atoms in total. The van der Waals surface area contributed by atoms with Gasteiger partial charge in [-0.3, -0.25) is 0 Å². The van der Waals surface area contributed by atoms with E-state index in [0.29, 0.717) is 18.1 Å². The summed E-state index contributed by atoms with van der Waals surface area (Å²) in [6.07, 6.45) is 2.99. The van der Waals surface area contributed by atoms with Gasteiger partial charge in [0.05, 0.1) is 5.60 Å². The second kappa shape index (κ2) is 5.34. The summed E-state index contributed by atoms with van der Waals surface area (Å²) in [6.45, 7) is 8.28. The van der Waals surface area contributed by atoms with Crippen molar-refractivity contribution in [3.05, 3.63) is 22.1 Å². The first kappa shape index (κ1) is 13.0. The molecule has 1 atom stereocenters. The first-order valence-corrected chi connectivity index (χ1v) is 5.74. The van der Waals surface area contributed by atoms with E-state index in [1.807, 2.05) is 0 Å². The highest BCUT2D eigenvalue weighted by Crippen LogP contribution is 2.23. The summed E-state index contributed by atoms with van der Waals surface area (Å²) in [5.41, 5.74) is -0.156. The van der Waals surface area contributed by atoms with Gasteiger partial charge in [0.1, 0.15) is 12.4 Å². The molecule has 0 fully saturated rings. The Hall–Kier alpha value is -1.03. The van der Waals surface area contributed by atoms with Crippen molar-refractivity contribution < 1.29 is 13.6 Å². The molecular formula is C12H20O4. The summed E-state index contributed by atoms with van der Waals surface area (Å²) in [5.74, 6) is 0.325. The number of rotatable bonds is 6. The summed E-state index contributed by atoms with van der Waals surface area (Å²) in [4.78, 5) is 10.8. The predicted octanol–water partition coefficient (Wildman–Crippen LogP) is 3.03. The van der Waals surface area contributed by atoms with Crippen LogP contribution in [-0.2, 0) is 11.3 Å². The largest absolute Gasteiger partial charge is 0.519 e. The van der Waals surface area contributed by atoms with Gasteiger partial charge in [-0.25, -0.2) is 4.79 Å². The van der Waals surface area contributed by atoms with Crippen LogP contribution in [-0.4, -0.2) is 5.60 Å². The lowest BCUT2D eigenvalue weighted by atomic mass is 9.97. The predicted molar refractivity (Wildman–Crippen MR) is 60.4 cm³/mol. The molecule has 0 aliphatic heterocycles. The smallest absolute Gasteiger partial charge is 0.396 e. The van der Waals surface area contributed by atoms with Crippen LogP contribution in [0.1, 0.15) is 51.6 Å². The van der Waals surface area contributed by atoms with Gasteiger partial charge in [-0.2, -0.15) is 0 Å². The van der Waals surface area contributed by atoms with Gasteiger partial charge in [-0.1, -0.05) is 20.3 Å². The van der Waals surface area contributed by atoms with Gasteiger partial charge in [0.15, 0.2) is 5.76 Å². The Kier molecular flexibility index (Phi) is 4.35. The SMILES string of the molecule is CCCC(C)(CC)OCc1oc(=O)oc1C. The van der Waals surface area contributed by atoms with Crippen molar-refractivity contribution in [2.75, 3.05) is 0 Å². The third-order valence-electron chi connectivity index (χ3n) is 2.91. The molecule has 0 aromatic carbocycles. The van der Waals surface area contributed by atoms with Crippen molar-refractivity contribution in [2.45, 2.75) is 59.2 Å². The van der Waals surface area contributed by atoms with Crippen LogP contribution in [0, 0.1) is 6.92 Å². The molecule has 1 aromatic rings. The second-order valence-corrected chi connectivity index (χ2v) is 4.28. The summed E-state index contributed by atoms with van der Waals surface area (Å²) in [5, 5.41) is 0.